The van der Waals surface area contributed by atoms with Crippen LogP contribution in [-0.4, -0.2) is 40.0 Å². The van der Waals surface area contributed by atoms with Crippen LogP contribution in [0.25, 0.3) is 6.08 Å². The molecule has 1 aliphatic rings. The second-order valence-electron chi connectivity index (χ2n) is 5.31. The number of nitrogens with zero attached hydrogens (tertiary/aromatic N) is 2. The lowest BCUT2D eigenvalue weighted by molar-refractivity contribution is -0.131. The first kappa shape index (κ1) is 15.2. The summed E-state index contributed by atoms with van der Waals surface area (Å²) in [5.74, 6) is -0.544. The molecule has 0 bridgehead atoms. The molecule has 0 saturated heterocycles. The van der Waals surface area contributed by atoms with Gasteiger partial charge in [0.15, 0.2) is 0 Å². The minimum atomic E-state index is -1.04. The van der Waals surface area contributed by atoms with Crippen LogP contribution in [0.5, 0.6) is 0 Å². The summed E-state index contributed by atoms with van der Waals surface area (Å²) in [7, 11) is 0. The number of carboxylic acids is 1. The highest BCUT2D eigenvalue weighted by atomic mass is 16.4. The minimum Gasteiger partial charge on any atom is -0.478 e. The molecule has 1 saturated carbocycles. The van der Waals surface area contributed by atoms with Crippen molar-refractivity contribution in [2.75, 3.05) is 13.1 Å². The number of carbonyl (C=O) groups excluding carboxylic acids is 1. The largest absolute Gasteiger partial charge is 0.478 e. The summed E-state index contributed by atoms with van der Waals surface area (Å²) >= 11 is 0. The summed E-state index contributed by atoms with van der Waals surface area (Å²) in [5, 5.41) is 8.72. The van der Waals surface area contributed by atoms with E-state index >= 15 is 0 Å². The van der Waals surface area contributed by atoms with E-state index in [1.54, 1.807) is 18.3 Å². The highest BCUT2D eigenvalue weighted by molar-refractivity contribution is 5.97. The Labute approximate surface area is 124 Å². The molecule has 1 fully saturated rings. The van der Waals surface area contributed by atoms with Crippen LogP contribution in [0.15, 0.2) is 24.4 Å². The predicted molar refractivity (Wildman–Crippen MR) is 79.8 cm³/mol. The quantitative estimate of drug-likeness (QED) is 0.782. The van der Waals surface area contributed by atoms with Crippen molar-refractivity contribution in [2.45, 2.75) is 26.2 Å². The molecule has 0 radical (unpaired) electrons. The van der Waals surface area contributed by atoms with Crippen LogP contribution in [0.3, 0.4) is 0 Å². The van der Waals surface area contributed by atoms with E-state index in [9.17, 15) is 9.59 Å². The van der Waals surface area contributed by atoms with E-state index in [1.807, 2.05) is 11.8 Å². The second kappa shape index (κ2) is 7.02. The predicted octanol–water partition coefficient (Wildman–Crippen LogP) is 2.44. The first-order chi connectivity index (χ1) is 10.1. The van der Waals surface area contributed by atoms with E-state index in [0.29, 0.717) is 23.7 Å². The van der Waals surface area contributed by atoms with Crippen LogP contribution >= 0.6 is 0 Å². The lowest BCUT2D eigenvalue weighted by atomic mass is 10.1. The molecule has 1 heterocycles. The maximum absolute atomic E-state index is 12.6. The van der Waals surface area contributed by atoms with Crippen LogP contribution in [0.4, 0.5) is 0 Å². The topological polar surface area (TPSA) is 70.5 Å². The normalized spacial score (nSPS) is 14.3. The molecule has 0 atom stereocenters. The van der Waals surface area contributed by atoms with E-state index in [2.05, 4.69) is 4.98 Å². The van der Waals surface area contributed by atoms with Gasteiger partial charge in [-0.2, -0.15) is 0 Å². The Bertz CT molecular complexity index is 550. The molecule has 0 aromatic carbocycles. The third-order valence-electron chi connectivity index (χ3n) is 3.40. The average Bonchev–Trinajstić information content (AvgIpc) is 3.28. The molecule has 1 amide bonds. The van der Waals surface area contributed by atoms with E-state index in [4.69, 9.17) is 5.11 Å². The summed E-state index contributed by atoms with van der Waals surface area (Å²) in [4.78, 5) is 29.3. The zero-order valence-corrected chi connectivity index (χ0v) is 12.2. The van der Waals surface area contributed by atoms with Crippen LogP contribution in [-0.2, 0) is 4.79 Å². The molecule has 5 heteroatoms. The Morgan fingerprint density at radius 1 is 1.48 bits per heavy atom. The highest BCUT2D eigenvalue weighted by Crippen LogP contribution is 2.30. The van der Waals surface area contributed by atoms with Gasteiger partial charge >= 0.3 is 5.97 Å². The molecular weight excluding hydrogens is 268 g/mol. The van der Waals surface area contributed by atoms with Crippen LogP contribution in [0, 0.1) is 5.92 Å². The maximum Gasteiger partial charge on any atom is 0.328 e. The van der Waals surface area contributed by atoms with Crippen molar-refractivity contribution in [3.05, 3.63) is 35.7 Å². The summed E-state index contributed by atoms with van der Waals surface area (Å²) < 4.78 is 0. The minimum absolute atomic E-state index is 0.116. The van der Waals surface area contributed by atoms with Crippen molar-refractivity contribution in [3.8, 4) is 0 Å². The third kappa shape index (κ3) is 4.41. The molecule has 5 nitrogen and oxygen atoms in total. The highest BCUT2D eigenvalue weighted by Gasteiger charge is 2.27. The molecule has 1 aromatic heterocycles. The molecule has 1 aliphatic carbocycles. The molecule has 112 valence electrons. The van der Waals surface area contributed by atoms with Gasteiger partial charge in [0, 0.05) is 30.9 Å². The van der Waals surface area contributed by atoms with Crippen molar-refractivity contribution < 1.29 is 14.7 Å². The van der Waals surface area contributed by atoms with E-state index in [1.165, 1.54) is 18.9 Å². The molecule has 0 aliphatic heterocycles. The first-order valence-corrected chi connectivity index (χ1v) is 7.27. The molecule has 0 spiro atoms. The number of carbonyl (C=O) groups is 2. The van der Waals surface area contributed by atoms with Gasteiger partial charge in [-0.25, -0.2) is 4.79 Å². The Morgan fingerprint density at radius 3 is 2.86 bits per heavy atom. The van der Waals surface area contributed by atoms with Gasteiger partial charge in [0.1, 0.15) is 5.69 Å². The fourth-order valence-electron chi connectivity index (χ4n) is 2.20. The summed E-state index contributed by atoms with van der Waals surface area (Å²) in [6.45, 7) is 3.51. The zero-order chi connectivity index (χ0) is 15.2. The Morgan fingerprint density at radius 2 is 2.24 bits per heavy atom. The van der Waals surface area contributed by atoms with Gasteiger partial charge in [-0.1, -0.05) is 13.0 Å². The van der Waals surface area contributed by atoms with Gasteiger partial charge < -0.3 is 10.0 Å². The number of carboxylic acid groups (broad SMARTS) is 1. The Balaban J connectivity index is 2.21. The van der Waals surface area contributed by atoms with Gasteiger partial charge in [-0.3, -0.25) is 9.78 Å². The number of rotatable bonds is 7. The second-order valence-corrected chi connectivity index (χ2v) is 5.31. The number of aliphatic carboxylic acids is 1. The van der Waals surface area contributed by atoms with Crippen LogP contribution in [0.1, 0.15) is 42.2 Å². The van der Waals surface area contributed by atoms with Gasteiger partial charge in [-0.15, -0.1) is 0 Å². The monoisotopic (exact) mass is 288 g/mol. The average molecular weight is 288 g/mol. The fraction of sp³-hybridized carbons (Fsp3) is 0.438. The van der Waals surface area contributed by atoms with Crippen molar-refractivity contribution >= 4 is 18.0 Å². The van der Waals surface area contributed by atoms with Crippen molar-refractivity contribution in [2.24, 2.45) is 5.92 Å². The number of hydrogen-bond donors (Lipinski definition) is 1. The molecular formula is C16H20N2O3. The van der Waals surface area contributed by atoms with Gasteiger partial charge in [0.25, 0.3) is 5.91 Å². The van der Waals surface area contributed by atoms with E-state index in [0.717, 1.165) is 19.0 Å². The molecule has 2 rings (SSSR count). The Hall–Kier alpha value is -2.17. The number of amides is 1. The SMILES string of the molecule is CCCN(CC1CC1)C(=O)c1ncccc1/C=C/C(=O)O. The maximum atomic E-state index is 12.6. The zero-order valence-electron chi connectivity index (χ0n) is 12.2. The first-order valence-electron chi connectivity index (χ1n) is 7.27. The summed E-state index contributed by atoms with van der Waals surface area (Å²) in [5.41, 5.74) is 0.867. The van der Waals surface area contributed by atoms with Crippen molar-refractivity contribution in [1.82, 2.24) is 9.88 Å². The molecule has 21 heavy (non-hydrogen) atoms. The number of aromatic nitrogens is 1. The Kier molecular flexibility index (Phi) is 5.09. The summed E-state index contributed by atoms with van der Waals surface area (Å²) in [6.07, 6.45) is 7.27. The molecule has 1 aromatic rings. The van der Waals surface area contributed by atoms with Crippen LogP contribution in [0.2, 0.25) is 0 Å². The van der Waals surface area contributed by atoms with Crippen LogP contribution < -0.4 is 0 Å². The smallest absolute Gasteiger partial charge is 0.328 e. The van der Waals surface area contributed by atoms with Crippen molar-refractivity contribution in [3.63, 3.8) is 0 Å². The number of pyridine rings is 1. The van der Waals surface area contributed by atoms with Gasteiger partial charge in [-0.05, 0) is 37.3 Å². The summed E-state index contributed by atoms with van der Waals surface area (Å²) in [6, 6.07) is 3.41. The number of hydrogen-bond acceptors (Lipinski definition) is 3. The van der Waals surface area contributed by atoms with Crippen molar-refractivity contribution in [1.29, 1.82) is 0 Å². The molecule has 1 N–H and O–H groups in total. The standard InChI is InChI=1S/C16H20N2O3/c1-2-10-18(11-12-5-6-12)16(21)15-13(4-3-9-17-15)7-8-14(19)20/h3-4,7-9,12H,2,5-6,10-11H2,1H3,(H,19,20)/b8-7+. The van der Waals surface area contributed by atoms with E-state index in [-0.39, 0.29) is 5.91 Å². The fourth-order valence-corrected chi connectivity index (χ4v) is 2.20. The van der Waals surface area contributed by atoms with Gasteiger partial charge in [0.2, 0.25) is 0 Å². The lowest BCUT2D eigenvalue weighted by Crippen LogP contribution is -2.34. The molecule has 0 unspecified atom stereocenters. The third-order valence-corrected chi connectivity index (χ3v) is 3.40. The van der Waals surface area contributed by atoms with Gasteiger partial charge in [0.05, 0.1) is 0 Å². The lowest BCUT2D eigenvalue weighted by Gasteiger charge is -2.22. The van der Waals surface area contributed by atoms with E-state index < -0.39 is 5.97 Å².